The Balaban J connectivity index is 2.48. The van der Waals surface area contributed by atoms with E-state index in [4.69, 9.17) is 0 Å². The molecule has 0 aliphatic rings. The highest BCUT2D eigenvalue weighted by Gasteiger charge is 2.23. The highest BCUT2D eigenvalue weighted by Crippen LogP contribution is 2.23. The quantitative estimate of drug-likeness (QED) is 0.619. The Labute approximate surface area is 105 Å². The number of aromatic nitrogens is 3. The Morgan fingerprint density at radius 3 is 2.74 bits per heavy atom. The minimum atomic E-state index is -1.34. The van der Waals surface area contributed by atoms with Crippen LogP contribution in [0.4, 0.5) is 5.69 Å². The molecule has 0 aliphatic carbocycles. The molecule has 0 aliphatic heterocycles. The molecule has 2 aromatic rings. The van der Waals surface area contributed by atoms with Gasteiger partial charge in [-0.2, -0.15) is 5.10 Å². The highest BCUT2D eigenvalue weighted by atomic mass is 16.6. The fourth-order valence-corrected chi connectivity index (χ4v) is 1.68. The van der Waals surface area contributed by atoms with E-state index in [-0.39, 0.29) is 22.6 Å². The molecule has 10 heteroatoms. The number of aliphatic hydroxyl groups excluding tert-OH is 1. The van der Waals surface area contributed by atoms with E-state index in [2.05, 4.69) is 10.1 Å². The van der Waals surface area contributed by atoms with Crippen molar-refractivity contribution in [3.8, 4) is 0 Å². The highest BCUT2D eigenvalue weighted by molar-refractivity contribution is 5.61. The SMILES string of the molecule is Cc1nn2cc(C(O)C[N+](=O)[O-])cnc2c1[N+](=O)[O-]. The predicted octanol–water partition coefficient (Wildman–Crippen LogP) is 0.256. The van der Waals surface area contributed by atoms with Crippen molar-refractivity contribution < 1.29 is 15.0 Å². The van der Waals surface area contributed by atoms with Gasteiger partial charge in [-0.1, -0.05) is 0 Å². The van der Waals surface area contributed by atoms with Gasteiger partial charge in [0, 0.05) is 22.9 Å². The van der Waals surface area contributed by atoms with Crippen LogP contribution in [0.15, 0.2) is 12.4 Å². The second kappa shape index (κ2) is 4.57. The molecule has 1 atom stereocenters. The number of hydrogen-bond donors (Lipinski definition) is 1. The fraction of sp³-hybridized carbons (Fsp3) is 0.333. The average Bonchev–Trinajstić information content (AvgIpc) is 2.62. The Bertz CT molecular complexity index is 666. The van der Waals surface area contributed by atoms with Crippen LogP contribution in [0.5, 0.6) is 0 Å². The Morgan fingerprint density at radius 2 is 2.16 bits per heavy atom. The standard InChI is InChI=1S/C9H9N5O5/c1-5-8(14(18)19)9-10-2-6(3-12(9)11-5)7(15)4-13(16)17/h2-3,7,15H,4H2,1H3. The second-order valence-electron chi connectivity index (χ2n) is 3.88. The van der Waals surface area contributed by atoms with Gasteiger partial charge in [0.2, 0.25) is 12.2 Å². The summed E-state index contributed by atoms with van der Waals surface area (Å²) in [6.45, 7) is 0.787. The molecule has 2 rings (SSSR count). The number of aliphatic hydroxyl groups is 1. The molecule has 19 heavy (non-hydrogen) atoms. The van der Waals surface area contributed by atoms with Crippen molar-refractivity contribution in [2.45, 2.75) is 13.0 Å². The second-order valence-corrected chi connectivity index (χ2v) is 3.88. The summed E-state index contributed by atoms with van der Waals surface area (Å²) in [6.07, 6.45) is 1.11. The molecule has 0 aromatic carbocycles. The number of hydrogen-bond acceptors (Lipinski definition) is 7. The molecule has 0 spiro atoms. The van der Waals surface area contributed by atoms with Crippen molar-refractivity contribution >= 4 is 11.3 Å². The van der Waals surface area contributed by atoms with Gasteiger partial charge in [0.05, 0.1) is 4.92 Å². The van der Waals surface area contributed by atoms with Crippen LogP contribution in [0.1, 0.15) is 17.4 Å². The summed E-state index contributed by atoms with van der Waals surface area (Å²) in [5.74, 6) is 0. The number of aryl methyl sites for hydroxylation is 1. The molecule has 1 unspecified atom stereocenters. The molecule has 0 saturated carbocycles. The third-order valence-electron chi connectivity index (χ3n) is 2.53. The molecule has 2 aromatic heterocycles. The number of nitro groups is 2. The van der Waals surface area contributed by atoms with Gasteiger partial charge in [0.25, 0.3) is 0 Å². The van der Waals surface area contributed by atoms with E-state index in [1.165, 1.54) is 13.1 Å². The van der Waals surface area contributed by atoms with Gasteiger partial charge in [-0.15, -0.1) is 0 Å². The lowest BCUT2D eigenvalue weighted by atomic mass is 10.2. The van der Waals surface area contributed by atoms with Crippen molar-refractivity contribution in [1.82, 2.24) is 14.6 Å². The first kappa shape index (κ1) is 12.8. The first-order valence-corrected chi connectivity index (χ1v) is 5.19. The summed E-state index contributed by atoms with van der Waals surface area (Å²) >= 11 is 0. The number of rotatable bonds is 4. The maximum atomic E-state index is 10.8. The third kappa shape index (κ3) is 2.33. The van der Waals surface area contributed by atoms with Gasteiger partial charge >= 0.3 is 5.69 Å². The van der Waals surface area contributed by atoms with Crippen LogP contribution in [0.25, 0.3) is 5.65 Å². The molecule has 0 fully saturated rings. The summed E-state index contributed by atoms with van der Waals surface area (Å²) in [7, 11) is 0. The van der Waals surface area contributed by atoms with Gasteiger partial charge in [-0.25, -0.2) is 9.50 Å². The maximum Gasteiger partial charge on any atom is 0.336 e. The number of nitrogens with zero attached hydrogens (tertiary/aromatic N) is 5. The predicted molar refractivity (Wildman–Crippen MR) is 61.2 cm³/mol. The van der Waals surface area contributed by atoms with Crippen LogP contribution in [0.3, 0.4) is 0 Å². The van der Waals surface area contributed by atoms with E-state index >= 15 is 0 Å². The summed E-state index contributed by atoms with van der Waals surface area (Å²) in [4.78, 5) is 23.7. The van der Waals surface area contributed by atoms with Crippen molar-refractivity contribution in [3.63, 3.8) is 0 Å². The molecule has 100 valence electrons. The van der Waals surface area contributed by atoms with Crippen LogP contribution in [0, 0.1) is 27.2 Å². The lowest BCUT2D eigenvalue weighted by molar-refractivity contribution is -0.491. The van der Waals surface area contributed by atoms with Crippen LogP contribution in [-0.2, 0) is 0 Å². The first-order valence-electron chi connectivity index (χ1n) is 5.19. The van der Waals surface area contributed by atoms with E-state index in [0.29, 0.717) is 0 Å². The lowest BCUT2D eigenvalue weighted by Crippen LogP contribution is -2.13. The van der Waals surface area contributed by atoms with Gasteiger partial charge in [-0.3, -0.25) is 20.2 Å². The third-order valence-corrected chi connectivity index (χ3v) is 2.53. The smallest absolute Gasteiger partial charge is 0.336 e. The monoisotopic (exact) mass is 267 g/mol. The molecular weight excluding hydrogens is 258 g/mol. The summed E-state index contributed by atoms with van der Waals surface area (Å²) in [6, 6.07) is 0. The lowest BCUT2D eigenvalue weighted by Gasteiger charge is -2.05. The molecule has 10 nitrogen and oxygen atoms in total. The van der Waals surface area contributed by atoms with Crippen LogP contribution >= 0.6 is 0 Å². The Hall–Kier alpha value is -2.62. The van der Waals surface area contributed by atoms with E-state index in [0.717, 1.165) is 10.7 Å². The van der Waals surface area contributed by atoms with Crippen molar-refractivity contribution in [1.29, 1.82) is 0 Å². The molecule has 0 bridgehead atoms. The summed E-state index contributed by atoms with van der Waals surface area (Å²) in [5, 5.41) is 34.6. The summed E-state index contributed by atoms with van der Waals surface area (Å²) < 4.78 is 1.13. The zero-order chi connectivity index (χ0) is 14.2. The summed E-state index contributed by atoms with van der Waals surface area (Å²) in [5.41, 5.74) is 0.148. The fourth-order valence-electron chi connectivity index (χ4n) is 1.68. The molecular formula is C9H9N5O5. The van der Waals surface area contributed by atoms with Crippen molar-refractivity contribution in [2.24, 2.45) is 0 Å². The van der Waals surface area contributed by atoms with E-state index in [1.54, 1.807) is 0 Å². The van der Waals surface area contributed by atoms with Crippen LogP contribution < -0.4 is 0 Å². The van der Waals surface area contributed by atoms with Crippen molar-refractivity contribution in [3.05, 3.63) is 43.9 Å². The van der Waals surface area contributed by atoms with Crippen LogP contribution in [-0.4, -0.2) is 36.1 Å². The zero-order valence-corrected chi connectivity index (χ0v) is 9.76. The first-order chi connectivity index (χ1) is 8.90. The largest absolute Gasteiger partial charge is 0.381 e. The minimum Gasteiger partial charge on any atom is -0.381 e. The maximum absolute atomic E-state index is 10.8. The van der Waals surface area contributed by atoms with Gasteiger partial charge < -0.3 is 5.11 Å². The Kier molecular flexibility index (Phi) is 3.09. The topological polar surface area (TPSA) is 137 Å². The number of fused-ring (bicyclic) bond motifs is 1. The van der Waals surface area contributed by atoms with E-state index < -0.39 is 22.5 Å². The van der Waals surface area contributed by atoms with Gasteiger partial charge in [-0.05, 0) is 6.92 Å². The van der Waals surface area contributed by atoms with Crippen molar-refractivity contribution in [2.75, 3.05) is 6.54 Å². The normalized spacial score (nSPS) is 12.5. The van der Waals surface area contributed by atoms with E-state index in [9.17, 15) is 25.3 Å². The average molecular weight is 267 g/mol. The minimum absolute atomic E-state index is 0.0274. The van der Waals surface area contributed by atoms with E-state index in [1.807, 2.05) is 0 Å². The molecule has 1 N–H and O–H groups in total. The molecule has 2 heterocycles. The van der Waals surface area contributed by atoms with Crippen LogP contribution in [0.2, 0.25) is 0 Å². The molecule has 0 saturated heterocycles. The Morgan fingerprint density at radius 1 is 1.47 bits per heavy atom. The van der Waals surface area contributed by atoms with Gasteiger partial charge in [0.1, 0.15) is 11.8 Å². The molecule has 0 radical (unpaired) electrons. The molecule has 0 amide bonds. The zero-order valence-electron chi connectivity index (χ0n) is 9.76. The van der Waals surface area contributed by atoms with Gasteiger partial charge in [0.15, 0.2) is 0 Å².